The van der Waals surface area contributed by atoms with Crippen LogP contribution in [0.25, 0.3) is 0 Å². The molecule has 0 aromatic heterocycles. The monoisotopic (exact) mass is 402 g/mol. The van der Waals surface area contributed by atoms with E-state index in [4.69, 9.17) is 4.74 Å². The van der Waals surface area contributed by atoms with Gasteiger partial charge in [0.15, 0.2) is 0 Å². The van der Waals surface area contributed by atoms with Crippen LogP contribution in [0.15, 0.2) is 30.3 Å². The van der Waals surface area contributed by atoms with E-state index in [0.717, 1.165) is 18.4 Å². The third-order valence-electron chi connectivity index (χ3n) is 5.73. The van der Waals surface area contributed by atoms with Crippen molar-refractivity contribution in [3.05, 3.63) is 35.9 Å². The number of alkyl carbamates (subject to hydrolysis) is 1. The molecule has 29 heavy (non-hydrogen) atoms. The molecule has 1 aliphatic rings. The summed E-state index contributed by atoms with van der Waals surface area (Å²) in [5.74, 6) is 1.62. The second-order valence-electron chi connectivity index (χ2n) is 9.79. The Balaban J connectivity index is 2.06. The third-order valence-corrected chi connectivity index (χ3v) is 5.73. The van der Waals surface area contributed by atoms with E-state index in [-0.39, 0.29) is 17.9 Å². The molecule has 0 saturated heterocycles. The minimum atomic E-state index is -0.572. The number of carbonyl (C=O) groups is 2. The molecule has 1 aromatic carbocycles. The highest BCUT2D eigenvalue weighted by molar-refractivity contribution is 5.79. The molecular formula is C24H38N2O3. The topological polar surface area (TPSA) is 67.4 Å². The Morgan fingerprint density at radius 1 is 1.14 bits per heavy atom. The van der Waals surface area contributed by atoms with Crippen LogP contribution < -0.4 is 10.6 Å². The Bertz CT molecular complexity index is 666. The molecule has 0 heterocycles. The van der Waals surface area contributed by atoms with E-state index in [2.05, 4.69) is 31.4 Å². The molecule has 1 aromatic rings. The van der Waals surface area contributed by atoms with E-state index in [1.165, 1.54) is 6.42 Å². The predicted molar refractivity (Wildman–Crippen MR) is 116 cm³/mol. The fourth-order valence-electron chi connectivity index (χ4n) is 4.22. The van der Waals surface area contributed by atoms with Crippen LogP contribution >= 0.6 is 0 Å². The maximum atomic E-state index is 13.1. The molecule has 2 rings (SSSR count). The number of hydrogen-bond acceptors (Lipinski definition) is 3. The Morgan fingerprint density at radius 2 is 1.79 bits per heavy atom. The summed E-state index contributed by atoms with van der Waals surface area (Å²) >= 11 is 0. The molecule has 2 N–H and O–H groups in total. The first-order valence-electron chi connectivity index (χ1n) is 10.9. The van der Waals surface area contributed by atoms with Crippen molar-refractivity contribution in [1.29, 1.82) is 0 Å². The Kier molecular flexibility index (Phi) is 8.12. The second-order valence-corrected chi connectivity index (χ2v) is 9.79. The van der Waals surface area contributed by atoms with Gasteiger partial charge in [0.2, 0.25) is 5.91 Å². The molecule has 4 atom stereocenters. The summed E-state index contributed by atoms with van der Waals surface area (Å²) in [4.78, 5) is 25.4. The van der Waals surface area contributed by atoms with E-state index in [1.807, 2.05) is 51.1 Å². The van der Waals surface area contributed by atoms with Gasteiger partial charge >= 0.3 is 6.09 Å². The van der Waals surface area contributed by atoms with Crippen LogP contribution in [0.5, 0.6) is 0 Å². The van der Waals surface area contributed by atoms with E-state index >= 15 is 0 Å². The Labute approximate surface area is 176 Å². The molecular weight excluding hydrogens is 364 g/mol. The molecule has 5 nitrogen and oxygen atoms in total. The summed E-state index contributed by atoms with van der Waals surface area (Å²) in [7, 11) is 0. The first kappa shape index (κ1) is 23.2. The van der Waals surface area contributed by atoms with Crippen LogP contribution in [-0.2, 0) is 9.53 Å². The number of rotatable bonds is 6. The average molecular weight is 403 g/mol. The maximum Gasteiger partial charge on any atom is 0.408 e. The lowest BCUT2D eigenvalue weighted by Crippen LogP contribution is -2.44. The first-order valence-corrected chi connectivity index (χ1v) is 10.9. The van der Waals surface area contributed by atoms with Gasteiger partial charge in [0, 0.05) is 12.5 Å². The van der Waals surface area contributed by atoms with E-state index < -0.39 is 11.7 Å². The summed E-state index contributed by atoms with van der Waals surface area (Å²) in [6.07, 6.45) is 2.76. The zero-order valence-electron chi connectivity index (χ0n) is 18.8. The fourth-order valence-corrected chi connectivity index (χ4v) is 4.22. The number of carbonyl (C=O) groups excluding carboxylic acids is 2. The van der Waals surface area contributed by atoms with Gasteiger partial charge in [-0.3, -0.25) is 4.79 Å². The molecule has 2 amide bonds. The van der Waals surface area contributed by atoms with Crippen molar-refractivity contribution >= 4 is 12.0 Å². The molecule has 0 spiro atoms. The van der Waals surface area contributed by atoms with E-state index in [0.29, 0.717) is 24.3 Å². The smallest absolute Gasteiger partial charge is 0.408 e. The molecule has 5 heteroatoms. The number of benzene rings is 1. The minimum Gasteiger partial charge on any atom is -0.444 e. The van der Waals surface area contributed by atoms with Crippen molar-refractivity contribution in [2.45, 2.75) is 72.4 Å². The number of ether oxygens (including phenoxy) is 1. The molecule has 162 valence electrons. The fraction of sp³-hybridized carbons (Fsp3) is 0.667. The number of nitrogens with one attached hydrogen (secondary N) is 2. The molecule has 0 radical (unpaired) electrons. The number of amides is 2. The van der Waals surface area contributed by atoms with Crippen LogP contribution in [-0.4, -0.2) is 24.1 Å². The maximum absolute atomic E-state index is 13.1. The number of hydrogen-bond donors (Lipinski definition) is 2. The molecule has 0 bridgehead atoms. The van der Waals surface area contributed by atoms with Gasteiger partial charge < -0.3 is 15.4 Å². The van der Waals surface area contributed by atoms with Gasteiger partial charge in [-0.25, -0.2) is 4.79 Å². The lowest BCUT2D eigenvalue weighted by atomic mass is 9.70. The minimum absolute atomic E-state index is 0.0386. The van der Waals surface area contributed by atoms with E-state index in [9.17, 15) is 9.59 Å². The SMILES string of the molecule is CC(C)[C@@H]1CC[C@@H](C)C[C@H]1C(=O)NC[C@H](NC(=O)OC(C)(C)C)c1ccccc1. The van der Waals surface area contributed by atoms with Gasteiger partial charge in [0.25, 0.3) is 0 Å². The zero-order valence-corrected chi connectivity index (χ0v) is 18.8. The van der Waals surface area contributed by atoms with Crippen LogP contribution in [0.2, 0.25) is 0 Å². The van der Waals surface area contributed by atoms with Gasteiger partial charge in [0.05, 0.1) is 6.04 Å². The lowest BCUT2D eigenvalue weighted by molar-refractivity contribution is -0.129. The van der Waals surface area contributed by atoms with Crippen molar-refractivity contribution in [2.24, 2.45) is 23.7 Å². The zero-order chi connectivity index (χ0) is 21.6. The molecule has 1 fully saturated rings. The van der Waals surface area contributed by atoms with E-state index in [1.54, 1.807) is 0 Å². The van der Waals surface area contributed by atoms with Crippen molar-refractivity contribution < 1.29 is 14.3 Å². The van der Waals surface area contributed by atoms with Gasteiger partial charge in [-0.1, -0.05) is 57.5 Å². The van der Waals surface area contributed by atoms with Gasteiger partial charge in [-0.2, -0.15) is 0 Å². The Hall–Kier alpha value is -2.04. The molecule has 0 unspecified atom stereocenters. The van der Waals surface area contributed by atoms with Crippen molar-refractivity contribution in [3.63, 3.8) is 0 Å². The van der Waals surface area contributed by atoms with Gasteiger partial charge in [-0.05, 0) is 56.9 Å². The highest BCUT2D eigenvalue weighted by Gasteiger charge is 2.35. The quantitative estimate of drug-likeness (QED) is 0.697. The molecule has 0 aliphatic heterocycles. The van der Waals surface area contributed by atoms with Crippen LogP contribution in [0.1, 0.15) is 72.4 Å². The highest BCUT2D eigenvalue weighted by atomic mass is 16.6. The van der Waals surface area contributed by atoms with Crippen molar-refractivity contribution in [2.75, 3.05) is 6.54 Å². The molecule has 1 aliphatic carbocycles. The first-order chi connectivity index (χ1) is 13.6. The summed E-state index contributed by atoms with van der Waals surface area (Å²) in [6, 6.07) is 9.36. The van der Waals surface area contributed by atoms with Gasteiger partial charge in [0.1, 0.15) is 5.60 Å². The summed E-state index contributed by atoms with van der Waals surface area (Å²) < 4.78 is 5.41. The third kappa shape index (κ3) is 7.37. The average Bonchev–Trinajstić information content (AvgIpc) is 2.63. The predicted octanol–water partition coefficient (Wildman–Crippen LogP) is 5.08. The standard InChI is InChI=1S/C24H38N2O3/c1-16(2)19-13-12-17(3)14-20(19)22(27)25-15-21(18-10-8-7-9-11-18)26-23(28)29-24(4,5)6/h7-11,16-17,19-21H,12-15H2,1-6H3,(H,25,27)(H,26,28)/t17-,19+,20-,21+/m1/s1. The largest absolute Gasteiger partial charge is 0.444 e. The Morgan fingerprint density at radius 3 is 2.38 bits per heavy atom. The molecule has 1 saturated carbocycles. The van der Waals surface area contributed by atoms with Gasteiger partial charge in [-0.15, -0.1) is 0 Å². The summed E-state index contributed by atoms with van der Waals surface area (Å²) in [5, 5.41) is 6.03. The summed E-state index contributed by atoms with van der Waals surface area (Å²) in [6.45, 7) is 12.5. The summed E-state index contributed by atoms with van der Waals surface area (Å²) in [5.41, 5.74) is 0.369. The van der Waals surface area contributed by atoms with Crippen molar-refractivity contribution in [1.82, 2.24) is 10.6 Å². The second kappa shape index (κ2) is 10.1. The lowest BCUT2D eigenvalue weighted by Gasteiger charge is -2.36. The normalized spacial score (nSPS) is 23.3. The van der Waals surface area contributed by atoms with Crippen LogP contribution in [0.3, 0.4) is 0 Å². The van der Waals surface area contributed by atoms with Crippen LogP contribution in [0.4, 0.5) is 4.79 Å². The highest BCUT2D eigenvalue weighted by Crippen LogP contribution is 2.38. The van der Waals surface area contributed by atoms with Crippen molar-refractivity contribution in [3.8, 4) is 0 Å². The van der Waals surface area contributed by atoms with Crippen LogP contribution in [0, 0.1) is 23.7 Å².